The SMILES string of the molecule is NS(=O)(=O)c1ccc(F)c(OC(F)(F)F)c1F. The molecule has 0 heterocycles. The molecular weight excluding hydrogens is 273 g/mol. The molecule has 0 saturated carbocycles. The van der Waals surface area contributed by atoms with E-state index in [-0.39, 0.29) is 0 Å². The number of ether oxygens (including phenoxy) is 1. The monoisotopic (exact) mass is 277 g/mol. The number of hydrogen-bond acceptors (Lipinski definition) is 3. The summed E-state index contributed by atoms with van der Waals surface area (Å²) < 4.78 is 86.0. The summed E-state index contributed by atoms with van der Waals surface area (Å²) in [6, 6.07) is 0.688. The van der Waals surface area contributed by atoms with Crippen molar-refractivity contribution in [1.29, 1.82) is 0 Å². The molecule has 10 heteroatoms. The number of hydrogen-bond donors (Lipinski definition) is 1. The molecule has 0 aliphatic rings. The minimum atomic E-state index is -5.36. The van der Waals surface area contributed by atoms with Gasteiger partial charge in [0.15, 0.2) is 11.6 Å². The zero-order valence-corrected chi connectivity index (χ0v) is 8.57. The van der Waals surface area contributed by atoms with Gasteiger partial charge in [-0.1, -0.05) is 0 Å². The quantitative estimate of drug-likeness (QED) is 0.833. The molecular formula is C7H4F5NO3S. The van der Waals surface area contributed by atoms with Crippen molar-refractivity contribution < 1.29 is 35.1 Å². The first-order valence-corrected chi connectivity index (χ1v) is 5.33. The van der Waals surface area contributed by atoms with Crippen molar-refractivity contribution in [2.24, 2.45) is 5.14 Å². The van der Waals surface area contributed by atoms with Crippen LogP contribution in [0.15, 0.2) is 17.0 Å². The second-order valence-electron chi connectivity index (χ2n) is 2.78. The standard InChI is InChI=1S/C7H4F5NO3S/c8-3-1-2-4(17(13,14)15)5(9)6(3)16-7(10,11)12/h1-2H,(H2,13,14,15). The van der Waals surface area contributed by atoms with Gasteiger partial charge in [-0.05, 0) is 12.1 Å². The molecule has 0 atom stereocenters. The van der Waals surface area contributed by atoms with E-state index in [1.54, 1.807) is 0 Å². The van der Waals surface area contributed by atoms with Crippen LogP contribution in [0, 0.1) is 11.6 Å². The Labute approximate surface area is 91.8 Å². The summed E-state index contributed by atoms with van der Waals surface area (Å²) in [6.07, 6.45) is -5.36. The van der Waals surface area contributed by atoms with E-state index < -0.39 is 38.7 Å². The average Bonchev–Trinajstić information content (AvgIpc) is 2.08. The Morgan fingerprint density at radius 2 is 1.71 bits per heavy atom. The summed E-state index contributed by atoms with van der Waals surface area (Å²) in [5.74, 6) is -5.61. The maximum Gasteiger partial charge on any atom is 0.573 e. The molecule has 1 aromatic carbocycles. The third-order valence-corrected chi connectivity index (χ3v) is 2.47. The van der Waals surface area contributed by atoms with Crippen molar-refractivity contribution in [1.82, 2.24) is 0 Å². The molecule has 0 unspecified atom stereocenters. The lowest BCUT2D eigenvalue weighted by atomic mass is 10.3. The lowest BCUT2D eigenvalue weighted by molar-refractivity contribution is -0.276. The fourth-order valence-electron chi connectivity index (χ4n) is 0.943. The number of nitrogens with two attached hydrogens (primary N) is 1. The fourth-order valence-corrected chi connectivity index (χ4v) is 1.54. The van der Waals surface area contributed by atoms with Gasteiger partial charge in [-0.15, -0.1) is 13.2 Å². The van der Waals surface area contributed by atoms with Gasteiger partial charge in [-0.3, -0.25) is 0 Å². The Morgan fingerprint density at radius 1 is 1.18 bits per heavy atom. The summed E-state index contributed by atoms with van der Waals surface area (Å²) in [5.41, 5.74) is 0. The van der Waals surface area contributed by atoms with E-state index >= 15 is 0 Å². The average molecular weight is 277 g/mol. The van der Waals surface area contributed by atoms with Gasteiger partial charge in [0.2, 0.25) is 15.8 Å². The van der Waals surface area contributed by atoms with Gasteiger partial charge in [0.05, 0.1) is 0 Å². The normalized spacial score (nSPS) is 12.6. The third-order valence-electron chi connectivity index (χ3n) is 1.54. The van der Waals surface area contributed by atoms with E-state index in [1.165, 1.54) is 0 Å². The molecule has 0 spiro atoms. The predicted molar refractivity (Wildman–Crippen MR) is 44.4 cm³/mol. The predicted octanol–water partition coefficient (Wildman–Crippen LogP) is 1.51. The molecule has 0 radical (unpaired) electrons. The molecule has 2 N–H and O–H groups in total. The number of primary sulfonamides is 1. The second kappa shape index (κ2) is 4.11. The van der Waals surface area contributed by atoms with E-state index in [1.807, 2.05) is 0 Å². The lowest BCUT2D eigenvalue weighted by Gasteiger charge is -2.11. The maximum atomic E-state index is 13.2. The molecule has 0 aliphatic carbocycles. The molecule has 0 aromatic heterocycles. The zero-order chi connectivity index (χ0) is 13.4. The summed E-state index contributed by atoms with van der Waals surface area (Å²) in [6.45, 7) is 0. The van der Waals surface area contributed by atoms with Crippen molar-refractivity contribution in [3.63, 3.8) is 0 Å². The zero-order valence-electron chi connectivity index (χ0n) is 7.75. The third kappa shape index (κ3) is 3.27. The Morgan fingerprint density at radius 3 is 2.12 bits per heavy atom. The highest BCUT2D eigenvalue weighted by Gasteiger charge is 2.35. The highest BCUT2D eigenvalue weighted by molar-refractivity contribution is 7.89. The molecule has 0 aliphatic heterocycles. The molecule has 1 aromatic rings. The Balaban J connectivity index is 3.41. The molecule has 0 fully saturated rings. The van der Waals surface area contributed by atoms with E-state index in [0.717, 1.165) is 0 Å². The van der Waals surface area contributed by atoms with Gasteiger partial charge >= 0.3 is 6.36 Å². The number of rotatable bonds is 2. The van der Waals surface area contributed by atoms with E-state index in [4.69, 9.17) is 0 Å². The lowest BCUT2D eigenvalue weighted by Crippen LogP contribution is -2.21. The summed E-state index contributed by atoms with van der Waals surface area (Å²) in [7, 11) is -4.62. The first-order valence-electron chi connectivity index (χ1n) is 3.79. The Bertz CT molecular complexity index is 539. The van der Waals surface area contributed by atoms with E-state index in [9.17, 15) is 30.4 Å². The number of alkyl halides is 3. The van der Waals surface area contributed by atoms with E-state index in [0.29, 0.717) is 12.1 Å². The molecule has 17 heavy (non-hydrogen) atoms. The van der Waals surface area contributed by atoms with Crippen LogP contribution in [0.1, 0.15) is 0 Å². The van der Waals surface area contributed by atoms with Crippen LogP contribution in [0.25, 0.3) is 0 Å². The van der Waals surface area contributed by atoms with Crippen molar-refractivity contribution in [2.45, 2.75) is 11.3 Å². The van der Waals surface area contributed by atoms with Crippen LogP contribution in [0.3, 0.4) is 0 Å². The van der Waals surface area contributed by atoms with Gasteiger partial charge in [0.25, 0.3) is 0 Å². The minimum absolute atomic E-state index is 0.296. The minimum Gasteiger partial charge on any atom is -0.399 e. The molecule has 1 rings (SSSR count). The second-order valence-corrected chi connectivity index (χ2v) is 4.31. The van der Waals surface area contributed by atoms with Gasteiger partial charge in [-0.25, -0.2) is 22.3 Å². The number of sulfonamides is 1. The van der Waals surface area contributed by atoms with Crippen molar-refractivity contribution in [2.75, 3.05) is 0 Å². The molecule has 4 nitrogen and oxygen atoms in total. The highest BCUT2D eigenvalue weighted by atomic mass is 32.2. The van der Waals surface area contributed by atoms with Crippen molar-refractivity contribution in [3.8, 4) is 5.75 Å². The molecule has 0 amide bonds. The van der Waals surface area contributed by atoms with E-state index in [2.05, 4.69) is 9.88 Å². The van der Waals surface area contributed by atoms with Crippen LogP contribution in [-0.2, 0) is 10.0 Å². The Hall–Kier alpha value is -1.42. The van der Waals surface area contributed by atoms with Gasteiger partial charge in [-0.2, -0.15) is 0 Å². The topological polar surface area (TPSA) is 69.4 Å². The van der Waals surface area contributed by atoms with Crippen LogP contribution in [-0.4, -0.2) is 14.8 Å². The molecule has 0 bridgehead atoms. The van der Waals surface area contributed by atoms with Gasteiger partial charge in [0.1, 0.15) is 4.90 Å². The molecule has 96 valence electrons. The van der Waals surface area contributed by atoms with Crippen LogP contribution >= 0.6 is 0 Å². The first kappa shape index (κ1) is 13.6. The summed E-state index contributed by atoms with van der Waals surface area (Å²) in [4.78, 5) is -1.29. The van der Waals surface area contributed by atoms with Crippen LogP contribution in [0.5, 0.6) is 5.75 Å². The maximum absolute atomic E-state index is 13.2. The van der Waals surface area contributed by atoms with Crippen molar-refractivity contribution >= 4 is 10.0 Å². The van der Waals surface area contributed by atoms with Crippen LogP contribution < -0.4 is 9.88 Å². The summed E-state index contributed by atoms with van der Waals surface area (Å²) >= 11 is 0. The van der Waals surface area contributed by atoms with Gasteiger partial charge < -0.3 is 4.74 Å². The highest BCUT2D eigenvalue weighted by Crippen LogP contribution is 2.31. The number of benzene rings is 1. The number of halogens is 5. The van der Waals surface area contributed by atoms with Crippen molar-refractivity contribution in [3.05, 3.63) is 23.8 Å². The first-order chi connectivity index (χ1) is 7.52. The smallest absolute Gasteiger partial charge is 0.399 e. The Kier molecular flexibility index (Phi) is 3.30. The van der Waals surface area contributed by atoms with Gasteiger partial charge in [0, 0.05) is 0 Å². The molecule has 0 saturated heterocycles. The van der Waals surface area contributed by atoms with Crippen LogP contribution in [0.4, 0.5) is 22.0 Å². The fraction of sp³-hybridized carbons (Fsp3) is 0.143. The largest absolute Gasteiger partial charge is 0.573 e. The van der Waals surface area contributed by atoms with Crippen LogP contribution in [0.2, 0.25) is 0 Å². The summed E-state index contributed by atoms with van der Waals surface area (Å²) in [5, 5.41) is 4.51.